The van der Waals surface area contributed by atoms with Crippen molar-refractivity contribution in [2.45, 2.75) is 77.6 Å². The summed E-state index contributed by atoms with van der Waals surface area (Å²) in [4.78, 5) is 0. The molecule has 0 amide bonds. The number of hydrogen-bond acceptors (Lipinski definition) is 0. The third-order valence-electron chi connectivity index (χ3n) is 2.67. The van der Waals surface area contributed by atoms with Crippen LogP contribution in [0.15, 0.2) is 0 Å². The highest BCUT2D eigenvalue weighted by Crippen LogP contribution is 2.10. The van der Waals surface area contributed by atoms with E-state index >= 15 is 0 Å². The summed E-state index contributed by atoms with van der Waals surface area (Å²) in [7, 11) is 0. The van der Waals surface area contributed by atoms with Crippen LogP contribution in [0.4, 0.5) is 0 Å². The lowest BCUT2D eigenvalue weighted by molar-refractivity contribution is 0.596. The molecule has 0 aliphatic carbocycles. The van der Waals surface area contributed by atoms with Crippen LogP contribution >= 0.6 is 0 Å². The fraction of sp³-hybridized carbons (Fsp3) is 0.857. The molecular formula is C14H28. The van der Waals surface area contributed by atoms with Crippen LogP contribution < -0.4 is 0 Å². The normalized spacial score (nSPS) is 10.7. The highest BCUT2D eigenvalue weighted by molar-refractivity contribution is 4.64. The van der Waals surface area contributed by atoms with E-state index in [4.69, 9.17) is 0 Å². The summed E-state index contributed by atoms with van der Waals surface area (Å²) in [5.74, 6) is 0. The van der Waals surface area contributed by atoms with Crippen LogP contribution in [-0.4, -0.2) is 0 Å². The van der Waals surface area contributed by atoms with Gasteiger partial charge < -0.3 is 0 Å². The Morgan fingerprint density at radius 2 is 1.36 bits per heavy atom. The van der Waals surface area contributed by atoms with Gasteiger partial charge in [-0.05, 0) is 6.42 Å². The minimum Gasteiger partial charge on any atom is -0.0654 e. The third kappa shape index (κ3) is 12.0. The monoisotopic (exact) mass is 196 g/mol. The van der Waals surface area contributed by atoms with Crippen molar-refractivity contribution in [2.75, 3.05) is 0 Å². The molecular weight excluding hydrogens is 168 g/mol. The zero-order valence-electron chi connectivity index (χ0n) is 10.1. The van der Waals surface area contributed by atoms with Crippen molar-refractivity contribution < 1.29 is 0 Å². The van der Waals surface area contributed by atoms with Crippen LogP contribution in [0.2, 0.25) is 0 Å². The standard InChI is InChI=1S/C14H28/c1-3-5-7-9-11-13-14-12-10-8-6-4-2/h11H,1,3-10,12-14H2,2H3. The molecule has 0 aromatic rings. The van der Waals surface area contributed by atoms with Gasteiger partial charge in [-0.15, -0.1) is 0 Å². The van der Waals surface area contributed by atoms with E-state index in [0.29, 0.717) is 0 Å². The molecule has 0 aromatic carbocycles. The lowest BCUT2D eigenvalue weighted by atomic mass is 10.1. The topological polar surface area (TPSA) is 0 Å². The molecule has 0 rings (SSSR count). The molecule has 14 heavy (non-hydrogen) atoms. The molecule has 0 spiro atoms. The summed E-state index contributed by atoms with van der Waals surface area (Å²) < 4.78 is 0. The van der Waals surface area contributed by atoms with Gasteiger partial charge >= 0.3 is 0 Å². The Hall–Kier alpha value is 0. The molecule has 0 nitrogen and oxygen atoms in total. The lowest BCUT2D eigenvalue weighted by Crippen LogP contribution is -1.82. The maximum Gasteiger partial charge on any atom is -0.0386 e. The van der Waals surface area contributed by atoms with Crippen molar-refractivity contribution in [1.82, 2.24) is 0 Å². The van der Waals surface area contributed by atoms with Crippen LogP contribution in [0.25, 0.3) is 0 Å². The van der Waals surface area contributed by atoms with Crippen LogP contribution in [0.5, 0.6) is 0 Å². The van der Waals surface area contributed by atoms with Gasteiger partial charge in [0.1, 0.15) is 0 Å². The molecule has 0 unspecified atom stereocenters. The molecule has 0 heterocycles. The minimum absolute atomic E-state index is 1.10. The minimum atomic E-state index is 1.10. The van der Waals surface area contributed by atoms with Crippen molar-refractivity contribution in [1.29, 1.82) is 0 Å². The lowest BCUT2D eigenvalue weighted by Gasteiger charge is -2.01. The quantitative estimate of drug-likeness (QED) is 0.391. The average Bonchev–Trinajstić information content (AvgIpc) is 2.21. The largest absolute Gasteiger partial charge is 0.0654 e. The molecule has 0 saturated heterocycles. The summed E-state index contributed by atoms with van der Waals surface area (Å²) in [6, 6.07) is 0. The highest BCUT2D eigenvalue weighted by Gasteiger charge is 1.91. The SMILES string of the molecule is [CH2]CCCC[CH]CCCCCCCC. The van der Waals surface area contributed by atoms with Gasteiger partial charge in [-0.25, -0.2) is 0 Å². The van der Waals surface area contributed by atoms with Crippen molar-refractivity contribution >= 4 is 0 Å². The van der Waals surface area contributed by atoms with Crippen molar-refractivity contribution in [3.05, 3.63) is 13.3 Å². The Labute approximate surface area is 91.5 Å². The van der Waals surface area contributed by atoms with E-state index in [0.717, 1.165) is 6.42 Å². The predicted molar refractivity (Wildman–Crippen MR) is 66.1 cm³/mol. The van der Waals surface area contributed by atoms with Crippen molar-refractivity contribution in [3.8, 4) is 0 Å². The summed E-state index contributed by atoms with van der Waals surface area (Å²) in [6.07, 6.45) is 17.4. The zero-order chi connectivity index (χ0) is 10.5. The molecule has 0 aliphatic heterocycles. The van der Waals surface area contributed by atoms with E-state index in [9.17, 15) is 0 Å². The molecule has 0 bridgehead atoms. The second-order valence-electron chi connectivity index (χ2n) is 4.19. The van der Waals surface area contributed by atoms with Gasteiger partial charge in [-0.3, -0.25) is 0 Å². The Balaban J connectivity index is 2.78. The first-order valence-corrected chi connectivity index (χ1v) is 6.52. The van der Waals surface area contributed by atoms with E-state index in [2.05, 4.69) is 20.3 Å². The number of rotatable bonds is 11. The molecule has 84 valence electrons. The summed E-state index contributed by atoms with van der Waals surface area (Å²) in [5, 5.41) is 0. The van der Waals surface area contributed by atoms with Crippen molar-refractivity contribution in [2.24, 2.45) is 0 Å². The Morgan fingerprint density at radius 3 is 2.00 bits per heavy atom. The van der Waals surface area contributed by atoms with Gasteiger partial charge in [0.25, 0.3) is 0 Å². The van der Waals surface area contributed by atoms with Gasteiger partial charge in [0.15, 0.2) is 0 Å². The Bertz CT molecular complexity index is 74.0. The first-order valence-electron chi connectivity index (χ1n) is 6.52. The van der Waals surface area contributed by atoms with Gasteiger partial charge in [-0.2, -0.15) is 0 Å². The maximum atomic E-state index is 3.85. The van der Waals surface area contributed by atoms with Crippen LogP contribution in [0.1, 0.15) is 77.6 Å². The van der Waals surface area contributed by atoms with Crippen LogP contribution in [-0.2, 0) is 0 Å². The van der Waals surface area contributed by atoms with Gasteiger partial charge in [0.2, 0.25) is 0 Å². The second kappa shape index (κ2) is 13.0. The highest BCUT2D eigenvalue weighted by atomic mass is 14.0. The molecule has 0 aromatic heterocycles. The fourth-order valence-electron chi connectivity index (χ4n) is 1.68. The van der Waals surface area contributed by atoms with E-state index in [-0.39, 0.29) is 0 Å². The number of unbranched alkanes of at least 4 members (excludes halogenated alkanes) is 11. The molecule has 0 aliphatic rings. The summed E-state index contributed by atoms with van der Waals surface area (Å²) >= 11 is 0. The first-order chi connectivity index (χ1) is 6.91. The van der Waals surface area contributed by atoms with Gasteiger partial charge in [-0.1, -0.05) is 84.5 Å². The van der Waals surface area contributed by atoms with Crippen LogP contribution in [0.3, 0.4) is 0 Å². The molecule has 0 N–H and O–H groups in total. The average molecular weight is 196 g/mol. The molecule has 0 atom stereocenters. The van der Waals surface area contributed by atoms with E-state index in [1.54, 1.807) is 0 Å². The Morgan fingerprint density at radius 1 is 0.786 bits per heavy atom. The molecule has 0 saturated carbocycles. The van der Waals surface area contributed by atoms with Gasteiger partial charge in [0, 0.05) is 0 Å². The first kappa shape index (κ1) is 14.0. The second-order valence-corrected chi connectivity index (χ2v) is 4.19. The molecule has 0 fully saturated rings. The third-order valence-corrected chi connectivity index (χ3v) is 2.67. The Kier molecular flexibility index (Phi) is 13.0. The van der Waals surface area contributed by atoms with E-state index in [1.807, 2.05) is 0 Å². The van der Waals surface area contributed by atoms with Crippen molar-refractivity contribution in [3.63, 3.8) is 0 Å². The molecule has 2 radical (unpaired) electrons. The summed E-state index contributed by atoms with van der Waals surface area (Å²) in [5.41, 5.74) is 0. The smallest absolute Gasteiger partial charge is 0.0386 e. The van der Waals surface area contributed by atoms with E-state index < -0.39 is 0 Å². The summed E-state index contributed by atoms with van der Waals surface area (Å²) in [6.45, 7) is 6.12. The maximum absolute atomic E-state index is 3.85. The fourth-order valence-corrected chi connectivity index (χ4v) is 1.68. The molecule has 0 heteroatoms. The van der Waals surface area contributed by atoms with Crippen LogP contribution in [0, 0.1) is 13.3 Å². The van der Waals surface area contributed by atoms with Gasteiger partial charge in [0.05, 0.1) is 0 Å². The zero-order valence-corrected chi connectivity index (χ0v) is 10.1. The number of hydrogen-bond donors (Lipinski definition) is 0. The predicted octanol–water partition coefficient (Wildman–Crippen LogP) is 5.34. The van der Waals surface area contributed by atoms with E-state index in [1.165, 1.54) is 64.2 Å².